The molecule has 0 saturated carbocycles. The number of benzene rings is 1. The van der Waals surface area contributed by atoms with Crippen LogP contribution in [0, 0.1) is 0 Å². The van der Waals surface area contributed by atoms with Crippen molar-refractivity contribution in [1.29, 1.82) is 0 Å². The van der Waals surface area contributed by atoms with Gasteiger partial charge in [-0.25, -0.2) is 4.79 Å². The lowest BCUT2D eigenvalue weighted by atomic mass is 9.98. The summed E-state index contributed by atoms with van der Waals surface area (Å²) in [7, 11) is 0. The summed E-state index contributed by atoms with van der Waals surface area (Å²) in [6, 6.07) is 7.05. The van der Waals surface area contributed by atoms with Gasteiger partial charge < -0.3 is 14.6 Å². The third-order valence-corrected chi connectivity index (χ3v) is 6.11. The number of aromatic carboxylic acids is 1. The second-order valence-corrected chi connectivity index (χ2v) is 7.78. The summed E-state index contributed by atoms with van der Waals surface area (Å²) in [5.74, 6) is -0.0427. The number of rotatable bonds is 5. The predicted molar refractivity (Wildman–Crippen MR) is 108 cm³/mol. The van der Waals surface area contributed by atoms with Crippen molar-refractivity contribution in [3.8, 4) is 11.5 Å². The Morgan fingerprint density at radius 2 is 2.00 bits per heavy atom. The van der Waals surface area contributed by atoms with Crippen LogP contribution < -0.4 is 14.4 Å². The van der Waals surface area contributed by atoms with Gasteiger partial charge in [0.2, 0.25) is 12.7 Å². The highest BCUT2D eigenvalue weighted by atomic mass is 32.1. The molecule has 0 fully saturated rings. The summed E-state index contributed by atoms with van der Waals surface area (Å²) in [5.41, 5.74) is 2.14. The van der Waals surface area contributed by atoms with E-state index in [1.54, 1.807) is 25.1 Å². The third kappa shape index (κ3) is 3.38. The molecule has 0 unspecified atom stereocenters. The van der Waals surface area contributed by atoms with Crippen molar-refractivity contribution in [2.45, 2.75) is 39.0 Å². The Balaban J connectivity index is 1.82. The van der Waals surface area contributed by atoms with Crippen LogP contribution in [0.2, 0.25) is 0 Å². The Morgan fingerprint density at radius 1 is 1.18 bits per heavy atom. The molecule has 6 nitrogen and oxygen atoms in total. The number of carboxylic acids is 1. The number of fused-ring (bicyclic) bond motifs is 1. The largest absolute Gasteiger partial charge is 0.477 e. The number of carbonyl (C=O) groups excluding carboxylic acids is 1. The minimum Gasteiger partial charge on any atom is -0.477 e. The summed E-state index contributed by atoms with van der Waals surface area (Å²) in [6.45, 7) is 1.90. The molecular weight excluding hydrogens is 378 g/mol. The highest BCUT2D eigenvalue weighted by Gasteiger charge is 2.28. The average molecular weight is 399 g/mol. The van der Waals surface area contributed by atoms with Gasteiger partial charge >= 0.3 is 5.97 Å². The van der Waals surface area contributed by atoms with Crippen LogP contribution in [0.3, 0.4) is 0 Å². The van der Waals surface area contributed by atoms with Crippen molar-refractivity contribution in [2.24, 2.45) is 0 Å². The molecule has 1 aromatic heterocycles. The molecule has 1 aliphatic heterocycles. The first-order chi connectivity index (χ1) is 13.6. The van der Waals surface area contributed by atoms with Gasteiger partial charge in [0.25, 0.3) is 0 Å². The molecule has 0 spiro atoms. The molecule has 0 radical (unpaired) electrons. The Bertz CT molecular complexity index is 962. The lowest BCUT2D eigenvalue weighted by molar-refractivity contribution is -0.117. The van der Waals surface area contributed by atoms with Crippen molar-refractivity contribution in [3.05, 3.63) is 40.1 Å². The first-order valence-electron chi connectivity index (χ1n) is 9.37. The van der Waals surface area contributed by atoms with Crippen LogP contribution in [0.5, 0.6) is 11.5 Å². The number of allylic oxidation sites excluding steroid dienone is 2. The summed E-state index contributed by atoms with van der Waals surface area (Å²) >= 11 is 1.23. The van der Waals surface area contributed by atoms with Crippen molar-refractivity contribution in [2.75, 3.05) is 11.7 Å². The molecule has 2 heterocycles. The van der Waals surface area contributed by atoms with Crippen LogP contribution in [0.1, 0.15) is 53.6 Å². The second kappa shape index (κ2) is 7.67. The highest BCUT2D eigenvalue weighted by molar-refractivity contribution is 7.15. The van der Waals surface area contributed by atoms with Crippen LogP contribution in [0.25, 0.3) is 5.57 Å². The number of ether oxygens (including phenoxy) is 2. The summed E-state index contributed by atoms with van der Waals surface area (Å²) in [4.78, 5) is 27.4. The number of hydrogen-bond donors (Lipinski definition) is 1. The topological polar surface area (TPSA) is 76.1 Å². The van der Waals surface area contributed by atoms with E-state index in [-0.39, 0.29) is 24.0 Å². The van der Waals surface area contributed by atoms with Crippen molar-refractivity contribution >= 4 is 40.2 Å². The van der Waals surface area contributed by atoms with E-state index in [2.05, 4.69) is 6.08 Å². The number of nitrogens with zero attached hydrogens (tertiary/aromatic N) is 1. The number of carboxylic acid groups (broad SMARTS) is 1. The van der Waals surface area contributed by atoms with E-state index >= 15 is 0 Å². The van der Waals surface area contributed by atoms with Gasteiger partial charge in [0, 0.05) is 17.4 Å². The summed E-state index contributed by atoms with van der Waals surface area (Å²) in [6.07, 6.45) is 6.63. The summed E-state index contributed by atoms with van der Waals surface area (Å²) < 4.78 is 10.8. The smallest absolute Gasteiger partial charge is 0.348 e. The van der Waals surface area contributed by atoms with Crippen LogP contribution in [-0.2, 0) is 4.79 Å². The molecule has 146 valence electrons. The standard InChI is InChI=1S/C21H21NO5S/c1-2-19(23)22(14-8-9-16-17(10-14)27-12-26-16)15-11-18(28-20(15)21(24)25)13-6-4-3-5-7-13/h6,8-11H,2-5,7,12H2,1H3,(H,24,25). The quantitative estimate of drug-likeness (QED) is 0.747. The lowest BCUT2D eigenvalue weighted by Crippen LogP contribution is -2.25. The molecule has 4 rings (SSSR count). The zero-order chi connectivity index (χ0) is 19.7. The monoisotopic (exact) mass is 399 g/mol. The van der Waals surface area contributed by atoms with E-state index in [1.807, 2.05) is 6.07 Å². The zero-order valence-electron chi connectivity index (χ0n) is 15.6. The van der Waals surface area contributed by atoms with Crippen molar-refractivity contribution in [1.82, 2.24) is 0 Å². The summed E-state index contributed by atoms with van der Waals surface area (Å²) in [5, 5.41) is 9.79. The molecule has 1 N–H and O–H groups in total. The fraction of sp³-hybridized carbons (Fsp3) is 0.333. The SMILES string of the molecule is CCC(=O)N(c1ccc2c(c1)OCO2)c1cc(C2=CCCCC2)sc1C(=O)O. The average Bonchev–Trinajstić information content (AvgIpc) is 3.35. The number of carbonyl (C=O) groups is 2. The van der Waals surface area contributed by atoms with Crippen LogP contribution >= 0.6 is 11.3 Å². The van der Waals surface area contributed by atoms with Gasteiger partial charge in [0.15, 0.2) is 11.5 Å². The van der Waals surface area contributed by atoms with E-state index in [9.17, 15) is 14.7 Å². The minimum atomic E-state index is -1.03. The van der Waals surface area contributed by atoms with Gasteiger partial charge in [-0.2, -0.15) is 0 Å². The number of amides is 1. The van der Waals surface area contributed by atoms with E-state index in [1.165, 1.54) is 21.8 Å². The van der Waals surface area contributed by atoms with Gasteiger partial charge in [-0.15, -0.1) is 11.3 Å². The normalized spacial score (nSPS) is 15.2. The molecule has 0 bridgehead atoms. The van der Waals surface area contributed by atoms with Crippen LogP contribution in [0.4, 0.5) is 11.4 Å². The Kier molecular flexibility index (Phi) is 5.09. The fourth-order valence-corrected chi connectivity index (χ4v) is 4.57. The Morgan fingerprint density at radius 3 is 2.71 bits per heavy atom. The third-order valence-electron chi connectivity index (χ3n) is 4.92. The van der Waals surface area contributed by atoms with Crippen LogP contribution in [-0.4, -0.2) is 23.8 Å². The van der Waals surface area contributed by atoms with E-state index in [0.717, 1.165) is 30.6 Å². The number of thiophene rings is 1. The maximum atomic E-state index is 12.8. The molecule has 2 aliphatic rings. The van der Waals surface area contributed by atoms with Crippen LogP contribution in [0.15, 0.2) is 30.3 Å². The first-order valence-corrected chi connectivity index (χ1v) is 10.2. The maximum Gasteiger partial charge on any atom is 0.348 e. The molecular formula is C21H21NO5S. The Hall–Kier alpha value is -2.80. The molecule has 7 heteroatoms. The predicted octanol–water partition coefficient (Wildman–Crippen LogP) is 5.21. The van der Waals surface area contributed by atoms with Gasteiger partial charge in [-0.1, -0.05) is 13.0 Å². The maximum absolute atomic E-state index is 12.8. The molecule has 28 heavy (non-hydrogen) atoms. The molecule has 2 aromatic rings. The van der Waals surface area contributed by atoms with Gasteiger partial charge in [-0.05, 0) is 49.5 Å². The van der Waals surface area contributed by atoms with E-state index in [4.69, 9.17) is 9.47 Å². The molecule has 0 atom stereocenters. The van der Waals surface area contributed by atoms with Gasteiger partial charge in [0.1, 0.15) is 4.88 Å². The van der Waals surface area contributed by atoms with Gasteiger partial charge in [-0.3, -0.25) is 9.69 Å². The highest BCUT2D eigenvalue weighted by Crippen LogP contribution is 2.43. The van der Waals surface area contributed by atoms with E-state index in [0.29, 0.717) is 22.9 Å². The second-order valence-electron chi connectivity index (χ2n) is 6.73. The van der Waals surface area contributed by atoms with Gasteiger partial charge in [0.05, 0.1) is 11.4 Å². The van der Waals surface area contributed by atoms with Crippen molar-refractivity contribution < 1.29 is 24.2 Å². The molecule has 1 aromatic carbocycles. The first kappa shape index (κ1) is 18.6. The van der Waals surface area contributed by atoms with Crippen molar-refractivity contribution in [3.63, 3.8) is 0 Å². The molecule has 1 aliphatic carbocycles. The number of anilines is 2. The Labute approximate surface area is 167 Å². The fourth-order valence-electron chi connectivity index (χ4n) is 3.52. The van der Waals surface area contributed by atoms with E-state index < -0.39 is 5.97 Å². The molecule has 1 amide bonds. The number of hydrogen-bond acceptors (Lipinski definition) is 5. The lowest BCUT2D eigenvalue weighted by Gasteiger charge is -2.22. The minimum absolute atomic E-state index is 0.137. The molecule has 0 saturated heterocycles. The zero-order valence-corrected chi connectivity index (χ0v) is 16.4.